The minimum absolute atomic E-state index is 0.584. The van der Waals surface area contributed by atoms with E-state index < -0.39 is 17.7 Å². The molecule has 0 heterocycles. The van der Waals surface area contributed by atoms with Crippen molar-refractivity contribution in [1.29, 1.82) is 0 Å². The van der Waals surface area contributed by atoms with Crippen molar-refractivity contribution in [2.24, 2.45) is 0 Å². The number of rotatable bonds is 4. The van der Waals surface area contributed by atoms with Crippen LogP contribution >= 0.6 is 0 Å². The Balaban J connectivity index is 2.80. The summed E-state index contributed by atoms with van der Waals surface area (Å²) in [5.74, 6) is -0.945. The van der Waals surface area contributed by atoms with Crippen LogP contribution in [0, 0.1) is 0 Å². The highest BCUT2D eigenvalue weighted by Gasteiger charge is 2.26. The van der Waals surface area contributed by atoms with Gasteiger partial charge in [-0.25, -0.2) is 4.79 Å². The molecule has 0 spiro atoms. The first kappa shape index (κ1) is 11.7. The molecule has 1 rings (SSSR count). The number of ether oxygens (including phenoxy) is 1. The fourth-order valence-corrected chi connectivity index (χ4v) is 1.40. The van der Waals surface area contributed by atoms with Gasteiger partial charge >= 0.3 is 5.97 Å². The van der Waals surface area contributed by atoms with Crippen LogP contribution in [0.4, 0.5) is 0 Å². The molecule has 0 saturated carbocycles. The van der Waals surface area contributed by atoms with Gasteiger partial charge in [0.05, 0.1) is 5.60 Å². The second-order valence-corrected chi connectivity index (χ2v) is 3.97. The average Bonchev–Trinajstić information content (AvgIpc) is 2.18. The van der Waals surface area contributed by atoms with Crippen LogP contribution in [0.3, 0.4) is 0 Å². The summed E-state index contributed by atoms with van der Waals surface area (Å²) < 4.78 is 5.49. The standard InChI is InChI=1S/C12H16O3/c1-9(11(13)14)15-12(2,3)10-7-5-4-6-8-10/h4-9H,1-3H3,(H,13,14). The van der Waals surface area contributed by atoms with Gasteiger partial charge < -0.3 is 9.84 Å². The summed E-state index contributed by atoms with van der Waals surface area (Å²) in [4.78, 5) is 10.7. The molecule has 0 fully saturated rings. The topological polar surface area (TPSA) is 46.5 Å². The van der Waals surface area contributed by atoms with E-state index in [0.29, 0.717) is 0 Å². The van der Waals surface area contributed by atoms with Crippen molar-refractivity contribution < 1.29 is 14.6 Å². The predicted octanol–water partition coefficient (Wildman–Crippen LogP) is 2.41. The number of hydrogen-bond donors (Lipinski definition) is 1. The molecule has 1 unspecified atom stereocenters. The van der Waals surface area contributed by atoms with E-state index in [4.69, 9.17) is 9.84 Å². The molecule has 3 heteroatoms. The molecule has 0 aliphatic rings. The first-order valence-electron chi connectivity index (χ1n) is 4.89. The normalized spacial score (nSPS) is 13.5. The fourth-order valence-electron chi connectivity index (χ4n) is 1.40. The lowest BCUT2D eigenvalue weighted by atomic mass is 9.98. The smallest absolute Gasteiger partial charge is 0.332 e. The Morgan fingerprint density at radius 1 is 1.33 bits per heavy atom. The molecule has 0 radical (unpaired) electrons. The maximum absolute atomic E-state index is 10.7. The molecule has 82 valence electrons. The monoisotopic (exact) mass is 208 g/mol. The maximum Gasteiger partial charge on any atom is 0.332 e. The Hall–Kier alpha value is -1.35. The van der Waals surface area contributed by atoms with E-state index in [0.717, 1.165) is 5.56 Å². The van der Waals surface area contributed by atoms with Crippen molar-refractivity contribution in [3.05, 3.63) is 35.9 Å². The van der Waals surface area contributed by atoms with Crippen molar-refractivity contribution in [3.8, 4) is 0 Å². The largest absolute Gasteiger partial charge is 0.479 e. The quantitative estimate of drug-likeness (QED) is 0.826. The summed E-state index contributed by atoms with van der Waals surface area (Å²) in [5, 5.41) is 8.77. The highest BCUT2D eigenvalue weighted by molar-refractivity contribution is 5.71. The van der Waals surface area contributed by atoms with Crippen LogP contribution in [0.15, 0.2) is 30.3 Å². The van der Waals surface area contributed by atoms with Gasteiger partial charge in [-0.1, -0.05) is 30.3 Å². The summed E-state index contributed by atoms with van der Waals surface area (Å²) in [6.45, 7) is 5.26. The second kappa shape index (κ2) is 4.45. The van der Waals surface area contributed by atoms with E-state index >= 15 is 0 Å². The van der Waals surface area contributed by atoms with Crippen molar-refractivity contribution in [2.45, 2.75) is 32.5 Å². The highest BCUT2D eigenvalue weighted by Crippen LogP contribution is 2.25. The molecule has 3 nitrogen and oxygen atoms in total. The van der Waals surface area contributed by atoms with Crippen LogP contribution in [0.25, 0.3) is 0 Å². The van der Waals surface area contributed by atoms with Gasteiger partial charge in [-0.3, -0.25) is 0 Å². The Kier molecular flexibility index (Phi) is 3.48. The number of benzene rings is 1. The lowest BCUT2D eigenvalue weighted by Gasteiger charge is -2.28. The van der Waals surface area contributed by atoms with E-state index in [9.17, 15) is 4.79 Å². The first-order chi connectivity index (χ1) is 6.93. The molecule has 0 saturated heterocycles. The molecule has 0 bridgehead atoms. The van der Waals surface area contributed by atoms with Crippen molar-refractivity contribution in [3.63, 3.8) is 0 Å². The molecule has 1 aromatic carbocycles. The molecule has 1 atom stereocenters. The fraction of sp³-hybridized carbons (Fsp3) is 0.417. The second-order valence-electron chi connectivity index (χ2n) is 3.97. The number of aliphatic carboxylic acids is 1. The van der Waals surface area contributed by atoms with E-state index in [1.165, 1.54) is 6.92 Å². The van der Waals surface area contributed by atoms with Gasteiger partial charge in [-0.2, -0.15) is 0 Å². The zero-order chi connectivity index (χ0) is 11.5. The molecule has 1 aromatic rings. The van der Waals surface area contributed by atoms with Gasteiger partial charge in [0.25, 0.3) is 0 Å². The third-order valence-corrected chi connectivity index (χ3v) is 2.29. The Labute approximate surface area is 89.7 Å². The molecular formula is C12H16O3. The molecule has 15 heavy (non-hydrogen) atoms. The average molecular weight is 208 g/mol. The third kappa shape index (κ3) is 3.06. The van der Waals surface area contributed by atoms with Crippen LogP contribution in [-0.2, 0) is 15.1 Å². The number of carboxylic acids is 1. The van der Waals surface area contributed by atoms with Crippen LogP contribution in [0.2, 0.25) is 0 Å². The Bertz CT molecular complexity index is 330. The van der Waals surface area contributed by atoms with Crippen molar-refractivity contribution in [2.75, 3.05) is 0 Å². The zero-order valence-electron chi connectivity index (χ0n) is 9.23. The summed E-state index contributed by atoms with van der Waals surface area (Å²) in [5.41, 5.74) is 0.386. The number of carbonyl (C=O) groups is 1. The van der Waals surface area contributed by atoms with Gasteiger partial charge in [0.15, 0.2) is 6.10 Å². The molecule has 1 N–H and O–H groups in total. The molecule has 0 amide bonds. The van der Waals surface area contributed by atoms with Crippen molar-refractivity contribution in [1.82, 2.24) is 0 Å². The predicted molar refractivity (Wildman–Crippen MR) is 57.7 cm³/mol. The number of carboxylic acid groups (broad SMARTS) is 1. The van der Waals surface area contributed by atoms with Gasteiger partial charge in [0.1, 0.15) is 0 Å². The maximum atomic E-state index is 10.7. The Morgan fingerprint density at radius 2 is 1.87 bits per heavy atom. The van der Waals surface area contributed by atoms with Crippen LogP contribution in [0.1, 0.15) is 26.3 Å². The van der Waals surface area contributed by atoms with Gasteiger partial charge in [-0.05, 0) is 26.3 Å². The summed E-state index contributed by atoms with van der Waals surface area (Å²) in [6, 6.07) is 9.58. The van der Waals surface area contributed by atoms with Gasteiger partial charge in [0, 0.05) is 0 Å². The van der Waals surface area contributed by atoms with E-state index in [-0.39, 0.29) is 0 Å². The lowest BCUT2D eigenvalue weighted by Crippen LogP contribution is -2.31. The number of hydrogen-bond acceptors (Lipinski definition) is 2. The molecular weight excluding hydrogens is 192 g/mol. The van der Waals surface area contributed by atoms with Gasteiger partial charge in [0.2, 0.25) is 0 Å². The summed E-state index contributed by atoms with van der Waals surface area (Å²) >= 11 is 0. The van der Waals surface area contributed by atoms with Crippen LogP contribution in [0.5, 0.6) is 0 Å². The van der Waals surface area contributed by atoms with E-state index in [2.05, 4.69) is 0 Å². The molecule has 0 aromatic heterocycles. The van der Waals surface area contributed by atoms with Crippen LogP contribution < -0.4 is 0 Å². The SMILES string of the molecule is CC(OC(C)(C)c1ccccc1)C(=O)O. The molecule has 0 aliphatic heterocycles. The van der Waals surface area contributed by atoms with E-state index in [1.807, 2.05) is 44.2 Å². The van der Waals surface area contributed by atoms with Crippen molar-refractivity contribution >= 4 is 5.97 Å². The minimum Gasteiger partial charge on any atom is -0.479 e. The minimum atomic E-state index is -0.945. The van der Waals surface area contributed by atoms with Crippen LogP contribution in [-0.4, -0.2) is 17.2 Å². The lowest BCUT2D eigenvalue weighted by molar-refractivity contribution is -0.160. The Morgan fingerprint density at radius 3 is 2.33 bits per heavy atom. The molecule has 0 aliphatic carbocycles. The summed E-state index contributed by atoms with van der Waals surface area (Å²) in [6.07, 6.45) is -0.805. The van der Waals surface area contributed by atoms with Gasteiger partial charge in [-0.15, -0.1) is 0 Å². The summed E-state index contributed by atoms with van der Waals surface area (Å²) in [7, 11) is 0. The highest BCUT2D eigenvalue weighted by atomic mass is 16.5. The zero-order valence-corrected chi connectivity index (χ0v) is 9.23. The van der Waals surface area contributed by atoms with E-state index in [1.54, 1.807) is 0 Å². The first-order valence-corrected chi connectivity index (χ1v) is 4.89. The third-order valence-electron chi connectivity index (χ3n) is 2.29.